The van der Waals surface area contributed by atoms with Crippen molar-refractivity contribution in [1.29, 1.82) is 0 Å². The van der Waals surface area contributed by atoms with Crippen LogP contribution in [0.3, 0.4) is 0 Å². The van der Waals surface area contributed by atoms with Gasteiger partial charge in [0.2, 0.25) is 5.91 Å². The highest BCUT2D eigenvalue weighted by atomic mass is 16.3. The molecular weight excluding hydrogens is 482 g/mol. The quantitative estimate of drug-likeness (QED) is 0.0715. The summed E-state index contributed by atoms with van der Waals surface area (Å²) in [5.74, 6) is -0.0934. The summed E-state index contributed by atoms with van der Waals surface area (Å²) in [5.41, 5.74) is 0. The van der Waals surface area contributed by atoms with E-state index in [9.17, 15) is 15.0 Å². The second-order valence-electron chi connectivity index (χ2n) is 10.5. The van der Waals surface area contributed by atoms with E-state index in [-0.39, 0.29) is 12.5 Å². The van der Waals surface area contributed by atoms with E-state index in [1.54, 1.807) is 6.08 Å². The average molecular weight is 544 g/mol. The van der Waals surface area contributed by atoms with Gasteiger partial charge in [-0.25, -0.2) is 0 Å². The summed E-state index contributed by atoms with van der Waals surface area (Å²) in [6.45, 7) is 4.11. The van der Waals surface area contributed by atoms with Crippen molar-refractivity contribution in [1.82, 2.24) is 5.32 Å². The fourth-order valence-corrected chi connectivity index (χ4v) is 4.24. The molecule has 0 heterocycles. The zero-order valence-corrected chi connectivity index (χ0v) is 25.4. The maximum atomic E-state index is 12.2. The molecule has 0 radical (unpaired) electrons. The van der Waals surface area contributed by atoms with Gasteiger partial charge in [-0.15, -0.1) is 0 Å². The number of amides is 1. The Morgan fingerprint density at radius 3 is 1.74 bits per heavy atom. The number of nitrogens with one attached hydrogen (secondary N) is 1. The molecule has 0 aliphatic carbocycles. The summed E-state index contributed by atoms with van der Waals surface area (Å²) in [5, 5.41) is 22.7. The van der Waals surface area contributed by atoms with Crippen LogP contribution in [0.25, 0.3) is 0 Å². The molecule has 0 spiro atoms. The standard InChI is InChI=1S/C35H61NO3/c1-3-5-7-9-11-13-15-16-17-18-19-20-21-23-25-27-29-31-35(39)36-33(32-37)34(38)30-28-26-24-22-14-12-10-8-6-4-2/h6,8,11,13-14,16-17,22,28,30,33-34,37-38H,3-5,7,9-10,12,15,18-21,23-27,29,31-32H2,1-2H3,(H,36,39)/b8-6+,13-11-,17-16-,22-14+,30-28+. The smallest absolute Gasteiger partial charge is 0.220 e. The van der Waals surface area contributed by atoms with Gasteiger partial charge in [-0.2, -0.15) is 0 Å². The maximum absolute atomic E-state index is 12.2. The Balaban J connectivity index is 3.73. The number of hydrogen-bond donors (Lipinski definition) is 3. The molecule has 0 aromatic carbocycles. The molecule has 0 saturated carbocycles. The molecule has 39 heavy (non-hydrogen) atoms. The second-order valence-corrected chi connectivity index (χ2v) is 10.5. The number of hydrogen-bond acceptors (Lipinski definition) is 3. The molecule has 3 N–H and O–H groups in total. The van der Waals surface area contributed by atoms with Crippen molar-refractivity contribution in [2.24, 2.45) is 0 Å². The van der Waals surface area contributed by atoms with Gasteiger partial charge in [-0.1, -0.05) is 120 Å². The normalized spacial score (nSPS) is 14.1. The van der Waals surface area contributed by atoms with E-state index >= 15 is 0 Å². The first-order valence-electron chi connectivity index (χ1n) is 16.0. The molecule has 0 rings (SSSR count). The number of aliphatic hydroxyl groups excluding tert-OH is 2. The minimum atomic E-state index is -0.871. The number of carbonyl (C=O) groups excluding carboxylic acids is 1. The summed E-state index contributed by atoms with van der Waals surface area (Å²) in [4.78, 5) is 12.2. The minimum Gasteiger partial charge on any atom is -0.394 e. The SMILES string of the molecule is CC/C=C/CC/C=C/CC/C=C/C(O)C(CO)NC(=O)CCCCCCCCC/C=C\C/C=C\CCCCC. The van der Waals surface area contributed by atoms with Crippen molar-refractivity contribution in [2.75, 3.05) is 6.61 Å². The summed E-state index contributed by atoms with van der Waals surface area (Å²) in [6, 6.07) is -0.648. The van der Waals surface area contributed by atoms with Crippen molar-refractivity contribution in [3.8, 4) is 0 Å². The van der Waals surface area contributed by atoms with Crippen LogP contribution in [-0.2, 0) is 4.79 Å². The van der Waals surface area contributed by atoms with Crippen LogP contribution in [-0.4, -0.2) is 34.9 Å². The predicted molar refractivity (Wildman–Crippen MR) is 170 cm³/mol. The summed E-state index contributed by atoms with van der Waals surface area (Å²) in [7, 11) is 0. The van der Waals surface area contributed by atoms with Gasteiger partial charge in [0.1, 0.15) is 0 Å². The van der Waals surface area contributed by atoms with Crippen LogP contribution in [0, 0.1) is 0 Å². The third kappa shape index (κ3) is 27.4. The molecule has 2 unspecified atom stereocenters. The number of unbranched alkanes of at least 4 members (excludes halogenated alkanes) is 12. The molecule has 4 nitrogen and oxygen atoms in total. The highest BCUT2D eigenvalue weighted by molar-refractivity contribution is 5.76. The zero-order valence-electron chi connectivity index (χ0n) is 25.4. The first-order valence-corrected chi connectivity index (χ1v) is 16.0. The van der Waals surface area contributed by atoms with Crippen molar-refractivity contribution in [2.45, 2.75) is 148 Å². The molecule has 2 atom stereocenters. The number of rotatable bonds is 27. The van der Waals surface area contributed by atoms with Crippen molar-refractivity contribution < 1.29 is 15.0 Å². The van der Waals surface area contributed by atoms with E-state index in [4.69, 9.17) is 0 Å². The van der Waals surface area contributed by atoms with Crippen LogP contribution in [0.15, 0.2) is 60.8 Å². The maximum Gasteiger partial charge on any atom is 0.220 e. The number of carbonyl (C=O) groups is 1. The molecule has 0 aliphatic rings. The van der Waals surface area contributed by atoms with E-state index in [0.717, 1.165) is 57.8 Å². The largest absolute Gasteiger partial charge is 0.394 e. The Morgan fingerprint density at radius 2 is 1.15 bits per heavy atom. The van der Waals surface area contributed by atoms with Gasteiger partial charge in [0.05, 0.1) is 18.8 Å². The van der Waals surface area contributed by atoms with Crippen molar-refractivity contribution in [3.05, 3.63) is 60.8 Å². The average Bonchev–Trinajstić information content (AvgIpc) is 2.94. The van der Waals surface area contributed by atoms with Gasteiger partial charge in [-0.05, 0) is 70.6 Å². The van der Waals surface area contributed by atoms with Crippen LogP contribution in [0.4, 0.5) is 0 Å². The van der Waals surface area contributed by atoms with Crippen molar-refractivity contribution >= 4 is 5.91 Å². The van der Waals surface area contributed by atoms with Gasteiger partial charge in [0.25, 0.3) is 0 Å². The molecule has 0 aromatic heterocycles. The van der Waals surface area contributed by atoms with E-state index < -0.39 is 12.1 Å². The fraction of sp³-hybridized carbons (Fsp3) is 0.686. The third-order valence-corrected chi connectivity index (χ3v) is 6.71. The number of aliphatic hydroxyl groups is 2. The van der Waals surface area contributed by atoms with Gasteiger partial charge in [-0.3, -0.25) is 4.79 Å². The summed E-state index contributed by atoms with van der Waals surface area (Å²) < 4.78 is 0. The highest BCUT2D eigenvalue weighted by Gasteiger charge is 2.17. The fourth-order valence-electron chi connectivity index (χ4n) is 4.24. The molecular formula is C35H61NO3. The lowest BCUT2D eigenvalue weighted by Crippen LogP contribution is -2.45. The third-order valence-electron chi connectivity index (χ3n) is 6.71. The molecule has 1 amide bonds. The monoisotopic (exact) mass is 543 g/mol. The van der Waals surface area contributed by atoms with E-state index in [1.165, 1.54) is 57.8 Å². The molecule has 0 aromatic rings. The van der Waals surface area contributed by atoms with Crippen LogP contribution < -0.4 is 5.32 Å². The molecule has 0 saturated heterocycles. The first kappa shape index (κ1) is 37.1. The molecule has 4 heteroatoms. The first-order chi connectivity index (χ1) is 19.2. The Labute approximate surface area is 241 Å². The zero-order chi connectivity index (χ0) is 28.7. The minimum absolute atomic E-state index is 0.0934. The Kier molecular flexibility index (Phi) is 29.1. The summed E-state index contributed by atoms with van der Waals surface area (Å²) >= 11 is 0. The van der Waals surface area contributed by atoms with Crippen molar-refractivity contribution in [3.63, 3.8) is 0 Å². The lowest BCUT2D eigenvalue weighted by atomic mass is 10.1. The molecule has 0 aliphatic heterocycles. The second kappa shape index (κ2) is 30.6. The van der Waals surface area contributed by atoms with Gasteiger partial charge in [0, 0.05) is 6.42 Å². The van der Waals surface area contributed by atoms with Gasteiger partial charge >= 0.3 is 0 Å². The van der Waals surface area contributed by atoms with Gasteiger partial charge < -0.3 is 15.5 Å². The van der Waals surface area contributed by atoms with Gasteiger partial charge in [0.15, 0.2) is 0 Å². The van der Waals surface area contributed by atoms with Crippen LogP contribution in [0.5, 0.6) is 0 Å². The molecule has 0 bridgehead atoms. The predicted octanol–water partition coefficient (Wildman–Crippen LogP) is 9.06. The lowest BCUT2D eigenvalue weighted by Gasteiger charge is -2.19. The Hall–Kier alpha value is -1.91. The Bertz CT molecular complexity index is 677. The topological polar surface area (TPSA) is 69.6 Å². The highest BCUT2D eigenvalue weighted by Crippen LogP contribution is 2.11. The van der Waals surface area contributed by atoms with Crippen LogP contribution in [0.2, 0.25) is 0 Å². The van der Waals surface area contributed by atoms with E-state index in [2.05, 4.69) is 67.8 Å². The van der Waals surface area contributed by atoms with Crippen LogP contribution >= 0.6 is 0 Å². The van der Waals surface area contributed by atoms with Crippen LogP contribution in [0.1, 0.15) is 136 Å². The Morgan fingerprint density at radius 1 is 0.641 bits per heavy atom. The van der Waals surface area contributed by atoms with E-state index in [0.29, 0.717) is 6.42 Å². The number of allylic oxidation sites excluding steroid dienone is 9. The lowest BCUT2D eigenvalue weighted by molar-refractivity contribution is -0.123. The molecule has 0 fully saturated rings. The molecule has 224 valence electrons. The summed E-state index contributed by atoms with van der Waals surface area (Å²) in [6.07, 6.45) is 41.5. The van der Waals surface area contributed by atoms with E-state index in [1.807, 2.05) is 6.08 Å².